The Bertz CT molecular complexity index is 935. The van der Waals surface area contributed by atoms with Crippen molar-refractivity contribution in [1.29, 1.82) is 0 Å². The molecule has 26 heavy (non-hydrogen) atoms. The third-order valence-corrected chi connectivity index (χ3v) is 6.69. The summed E-state index contributed by atoms with van der Waals surface area (Å²) in [6.45, 7) is 4.49. The van der Waals surface area contributed by atoms with Crippen LogP contribution in [0.2, 0.25) is 10.0 Å². The van der Waals surface area contributed by atoms with E-state index in [9.17, 15) is 18.3 Å². The highest BCUT2D eigenvalue weighted by Gasteiger charge is 2.30. The molecule has 0 bridgehead atoms. The van der Waals surface area contributed by atoms with Gasteiger partial charge in [-0.15, -0.1) is 0 Å². The van der Waals surface area contributed by atoms with E-state index in [1.165, 1.54) is 6.07 Å². The third kappa shape index (κ3) is 4.57. The van der Waals surface area contributed by atoms with Crippen molar-refractivity contribution in [3.8, 4) is 0 Å². The van der Waals surface area contributed by atoms with Crippen molar-refractivity contribution in [2.24, 2.45) is 0 Å². The first-order valence-electron chi connectivity index (χ1n) is 7.76. The number of sulfonamides is 1. The van der Waals surface area contributed by atoms with Gasteiger partial charge in [-0.1, -0.05) is 47.0 Å². The predicted octanol–water partition coefficient (Wildman–Crippen LogP) is 4.19. The van der Waals surface area contributed by atoms with Crippen LogP contribution in [0.25, 0.3) is 0 Å². The number of halogens is 2. The van der Waals surface area contributed by atoms with Gasteiger partial charge >= 0.3 is 5.97 Å². The average molecular weight is 416 g/mol. The average Bonchev–Trinajstić information content (AvgIpc) is 2.48. The van der Waals surface area contributed by atoms with Crippen molar-refractivity contribution in [2.75, 3.05) is 6.54 Å². The van der Waals surface area contributed by atoms with Crippen LogP contribution in [0.4, 0.5) is 0 Å². The van der Waals surface area contributed by atoms with Crippen LogP contribution in [0, 0.1) is 20.8 Å². The molecule has 0 heterocycles. The summed E-state index contributed by atoms with van der Waals surface area (Å²) in [7, 11) is -4.02. The zero-order chi connectivity index (χ0) is 19.6. The SMILES string of the molecule is Cc1cc(C)c(S(=O)(=O)N(CC(=O)O)Cc2ccc(Cl)c(Cl)c2)c(C)c1. The van der Waals surface area contributed by atoms with Crippen molar-refractivity contribution >= 4 is 39.2 Å². The number of carboxylic acids is 1. The first-order valence-corrected chi connectivity index (χ1v) is 9.95. The second-order valence-corrected chi connectivity index (χ2v) is 8.83. The minimum atomic E-state index is -4.02. The van der Waals surface area contributed by atoms with Gasteiger partial charge in [-0.25, -0.2) is 8.42 Å². The molecule has 0 spiro atoms. The molecular weight excluding hydrogens is 397 g/mol. The molecule has 0 aliphatic carbocycles. The zero-order valence-corrected chi connectivity index (χ0v) is 16.9. The predicted molar refractivity (Wildman–Crippen MR) is 102 cm³/mol. The van der Waals surface area contributed by atoms with Crippen LogP contribution in [0.15, 0.2) is 35.2 Å². The zero-order valence-electron chi connectivity index (χ0n) is 14.6. The van der Waals surface area contributed by atoms with Crippen LogP contribution >= 0.6 is 23.2 Å². The van der Waals surface area contributed by atoms with Gasteiger partial charge in [-0.05, 0) is 49.6 Å². The molecule has 5 nitrogen and oxygen atoms in total. The topological polar surface area (TPSA) is 74.7 Å². The maximum atomic E-state index is 13.2. The summed E-state index contributed by atoms with van der Waals surface area (Å²) in [6, 6.07) is 8.22. The van der Waals surface area contributed by atoms with E-state index in [0.29, 0.717) is 21.7 Å². The van der Waals surface area contributed by atoms with Gasteiger partial charge in [-0.3, -0.25) is 4.79 Å². The fraction of sp³-hybridized carbons (Fsp3) is 0.278. The highest BCUT2D eigenvalue weighted by molar-refractivity contribution is 7.89. The Hall–Kier alpha value is -1.60. The third-order valence-electron chi connectivity index (χ3n) is 3.86. The smallest absolute Gasteiger partial charge is 0.318 e. The van der Waals surface area contributed by atoms with E-state index >= 15 is 0 Å². The molecule has 1 N–H and O–H groups in total. The summed E-state index contributed by atoms with van der Waals surface area (Å²) >= 11 is 11.9. The molecule has 0 atom stereocenters. The minimum Gasteiger partial charge on any atom is -0.480 e. The Morgan fingerprint density at radius 3 is 2.12 bits per heavy atom. The van der Waals surface area contributed by atoms with Gasteiger partial charge in [0, 0.05) is 6.54 Å². The summed E-state index contributed by atoms with van der Waals surface area (Å²) < 4.78 is 27.3. The van der Waals surface area contributed by atoms with E-state index in [2.05, 4.69) is 0 Å². The fourth-order valence-corrected chi connectivity index (χ4v) is 5.03. The normalized spacial score (nSPS) is 11.8. The Balaban J connectivity index is 2.51. The lowest BCUT2D eigenvalue weighted by atomic mass is 10.1. The molecule has 0 saturated carbocycles. The highest BCUT2D eigenvalue weighted by atomic mass is 35.5. The standard InChI is InChI=1S/C18H19Cl2NO4S/c1-11-6-12(2)18(13(3)7-11)26(24,25)21(10-17(22)23)9-14-4-5-15(19)16(20)8-14/h4-8H,9-10H2,1-3H3,(H,22,23). The second-order valence-electron chi connectivity index (χ2n) is 6.14. The lowest BCUT2D eigenvalue weighted by Gasteiger charge is -2.23. The molecule has 8 heteroatoms. The van der Waals surface area contributed by atoms with E-state index in [1.54, 1.807) is 38.1 Å². The summed E-state index contributed by atoms with van der Waals surface area (Å²) in [5.74, 6) is -1.24. The monoisotopic (exact) mass is 415 g/mol. The highest BCUT2D eigenvalue weighted by Crippen LogP contribution is 2.28. The largest absolute Gasteiger partial charge is 0.480 e. The molecule has 0 aliphatic heterocycles. The molecular formula is C18H19Cl2NO4S. The van der Waals surface area contributed by atoms with E-state index in [1.807, 2.05) is 6.92 Å². The second kappa shape index (κ2) is 7.96. The number of aliphatic carboxylic acids is 1. The van der Waals surface area contributed by atoms with E-state index < -0.39 is 22.5 Å². The number of benzene rings is 2. The molecule has 0 aromatic heterocycles. The summed E-state index contributed by atoms with van der Waals surface area (Å²) in [4.78, 5) is 11.4. The van der Waals surface area contributed by atoms with Gasteiger partial charge in [0.2, 0.25) is 10.0 Å². The molecule has 0 saturated heterocycles. The molecule has 2 aromatic carbocycles. The van der Waals surface area contributed by atoms with Gasteiger partial charge in [-0.2, -0.15) is 4.31 Å². The van der Waals surface area contributed by atoms with Crippen molar-refractivity contribution in [3.63, 3.8) is 0 Å². The van der Waals surface area contributed by atoms with Crippen LogP contribution in [0.5, 0.6) is 0 Å². The summed E-state index contributed by atoms with van der Waals surface area (Å²) in [6.07, 6.45) is 0. The van der Waals surface area contributed by atoms with Gasteiger partial charge in [0.15, 0.2) is 0 Å². The molecule has 2 aromatic rings. The fourth-order valence-electron chi connectivity index (χ4n) is 2.92. The first-order chi connectivity index (χ1) is 12.0. The Morgan fingerprint density at radius 1 is 1.04 bits per heavy atom. The van der Waals surface area contributed by atoms with Gasteiger partial charge in [0.05, 0.1) is 14.9 Å². The lowest BCUT2D eigenvalue weighted by molar-refractivity contribution is -0.137. The quantitative estimate of drug-likeness (QED) is 0.766. The van der Waals surface area contributed by atoms with E-state index in [0.717, 1.165) is 9.87 Å². The summed E-state index contributed by atoms with van der Waals surface area (Å²) in [5, 5.41) is 9.82. The molecule has 0 amide bonds. The number of nitrogens with zero attached hydrogens (tertiary/aromatic N) is 1. The molecule has 0 fully saturated rings. The van der Waals surface area contributed by atoms with Gasteiger partial charge in [0.1, 0.15) is 6.54 Å². The number of rotatable bonds is 6. The van der Waals surface area contributed by atoms with Crippen LogP contribution < -0.4 is 0 Å². The molecule has 0 unspecified atom stereocenters. The number of carbonyl (C=O) groups is 1. The van der Waals surface area contributed by atoms with Crippen LogP contribution in [-0.2, 0) is 21.4 Å². The van der Waals surface area contributed by atoms with Gasteiger partial charge < -0.3 is 5.11 Å². The number of hydrogen-bond donors (Lipinski definition) is 1. The Labute approximate surface area is 163 Å². The molecule has 140 valence electrons. The van der Waals surface area contributed by atoms with Crippen molar-refractivity contribution in [2.45, 2.75) is 32.2 Å². The van der Waals surface area contributed by atoms with Crippen LogP contribution in [0.3, 0.4) is 0 Å². The first kappa shape index (κ1) is 20.7. The van der Waals surface area contributed by atoms with Crippen molar-refractivity contribution < 1.29 is 18.3 Å². The molecule has 0 radical (unpaired) electrons. The van der Waals surface area contributed by atoms with E-state index in [-0.39, 0.29) is 16.5 Å². The minimum absolute atomic E-state index is 0.127. The van der Waals surface area contributed by atoms with Crippen LogP contribution in [-0.4, -0.2) is 30.3 Å². The van der Waals surface area contributed by atoms with Crippen molar-refractivity contribution in [3.05, 3.63) is 62.6 Å². The maximum Gasteiger partial charge on any atom is 0.318 e. The number of carboxylic acid groups (broad SMARTS) is 1. The van der Waals surface area contributed by atoms with Gasteiger partial charge in [0.25, 0.3) is 0 Å². The Kier molecular flexibility index (Phi) is 6.34. The van der Waals surface area contributed by atoms with E-state index in [4.69, 9.17) is 23.2 Å². The lowest BCUT2D eigenvalue weighted by Crippen LogP contribution is -2.36. The number of aryl methyl sites for hydroxylation is 3. The maximum absolute atomic E-state index is 13.2. The molecule has 0 aliphatic rings. The van der Waals surface area contributed by atoms with Crippen LogP contribution in [0.1, 0.15) is 22.3 Å². The number of hydrogen-bond acceptors (Lipinski definition) is 3. The molecule has 2 rings (SSSR count). The summed E-state index contributed by atoms with van der Waals surface area (Å²) in [5.41, 5.74) is 2.64. The Morgan fingerprint density at radius 2 is 1.62 bits per heavy atom. The van der Waals surface area contributed by atoms with Crippen molar-refractivity contribution in [1.82, 2.24) is 4.31 Å².